The van der Waals surface area contributed by atoms with Crippen LogP contribution in [0, 0.1) is 5.92 Å². The number of carbonyl (C=O) groups is 2. The van der Waals surface area contributed by atoms with Gasteiger partial charge in [0.1, 0.15) is 5.60 Å². The third kappa shape index (κ3) is 5.31. The van der Waals surface area contributed by atoms with Gasteiger partial charge in [-0.1, -0.05) is 27.5 Å². The van der Waals surface area contributed by atoms with E-state index in [2.05, 4.69) is 44.0 Å². The molecule has 0 spiro atoms. The predicted octanol–water partition coefficient (Wildman–Crippen LogP) is 6.38. The highest BCUT2D eigenvalue weighted by Crippen LogP contribution is 2.46. The lowest BCUT2D eigenvalue weighted by atomic mass is 9.76. The topological polar surface area (TPSA) is 70.5 Å². The predicted molar refractivity (Wildman–Crippen MR) is 147 cm³/mol. The summed E-state index contributed by atoms with van der Waals surface area (Å²) in [5.41, 5.74) is 3.61. The highest BCUT2D eigenvalue weighted by Gasteiger charge is 2.39. The van der Waals surface area contributed by atoms with Crippen LogP contribution in [0.3, 0.4) is 0 Å². The number of likely N-dealkylation sites (tertiary alicyclic amines) is 1. The lowest BCUT2D eigenvalue weighted by Crippen LogP contribution is -2.44. The van der Waals surface area contributed by atoms with Gasteiger partial charge in [-0.25, -0.2) is 0 Å². The van der Waals surface area contributed by atoms with Crippen molar-refractivity contribution in [3.05, 3.63) is 60.7 Å². The number of pyridine rings is 1. The highest BCUT2D eigenvalue weighted by molar-refractivity contribution is 9.10. The number of aryl methyl sites for hydroxylation is 2. The summed E-state index contributed by atoms with van der Waals surface area (Å²) < 4.78 is 2.01. The Hall–Kier alpha value is -1.28. The SMILES string of the molecule is O=C(CCC1(O)CCCCC1=O)N1CCC(C2c3ncc(Br)cc3CCc3cc(Cl)cc(Br)c32)CC1. The van der Waals surface area contributed by atoms with E-state index >= 15 is 0 Å². The third-order valence-electron chi connectivity index (χ3n) is 8.30. The van der Waals surface area contributed by atoms with Crippen molar-refractivity contribution < 1.29 is 14.7 Å². The number of fused-ring (bicyclic) bond motifs is 2. The quantitative estimate of drug-likeness (QED) is 0.422. The minimum Gasteiger partial charge on any atom is -0.382 e. The first kappa shape index (κ1) is 26.3. The fraction of sp³-hybridized carbons (Fsp3) is 0.536. The van der Waals surface area contributed by atoms with E-state index < -0.39 is 5.60 Å². The second-order valence-corrected chi connectivity index (χ2v) is 12.7. The molecule has 1 saturated carbocycles. The Morgan fingerprint density at radius 2 is 1.86 bits per heavy atom. The molecule has 8 heteroatoms. The zero-order valence-corrected chi connectivity index (χ0v) is 24.2. The summed E-state index contributed by atoms with van der Waals surface area (Å²) in [5.74, 6) is 0.419. The number of hydrogen-bond acceptors (Lipinski definition) is 4. The van der Waals surface area contributed by atoms with Crippen LogP contribution in [0.1, 0.15) is 79.7 Å². The second kappa shape index (κ2) is 10.8. The van der Waals surface area contributed by atoms with Gasteiger partial charge in [-0.2, -0.15) is 0 Å². The van der Waals surface area contributed by atoms with Crippen molar-refractivity contribution in [2.75, 3.05) is 13.1 Å². The van der Waals surface area contributed by atoms with Gasteiger partial charge in [-0.15, -0.1) is 0 Å². The lowest BCUT2D eigenvalue weighted by molar-refractivity contribution is -0.144. The molecule has 3 aliphatic rings. The van der Waals surface area contributed by atoms with Crippen molar-refractivity contribution in [3.63, 3.8) is 0 Å². The number of aromatic nitrogens is 1. The molecule has 2 aromatic rings. The maximum absolute atomic E-state index is 13.0. The standard InChI is InChI=1S/C28H31Br2ClN2O3/c29-20-13-19-5-4-18-14-21(31)15-22(30)25(18)26(27(19)32-16-20)17-7-11-33(12-8-17)24(35)6-10-28(36)9-2-1-3-23(28)34/h13-17,26,36H,1-12H2. The molecule has 5 nitrogen and oxygen atoms in total. The van der Waals surface area contributed by atoms with Crippen molar-refractivity contribution in [1.29, 1.82) is 0 Å². The van der Waals surface area contributed by atoms with Gasteiger partial charge in [0.25, 0.3) is 0 Å². The van der Waals surface area contributed by atoms with E-state index in [-0.39, 0.29) is 30.4 Å². The Morgan fingerprint density at radius 3 is 2.61 bits per heavy atom. The van der Waals surface area contributed by atoms with E-state index in [4.69, 9.17) is 16.6 Å². The van der Waals surface area contributed by atoms with Crippen molar-refractivity contribution in [3.8, 4) is 0 Å². The van der Waals surface area contributed by atoms with Gasteiger partial charge in [0.2, 0.25) is 5.91 Å². The number of Topliss-reactive ketones (excluding diaryl/α,β-unsaturated/α-hetero) is 1. The number of benzene rings is 1. The molecule has 5 rings (SSSR count). The summed E-state index contributed by atoms with van der Waals surface area (Å²) in [5, 5.41) is 11.5. The third-order valence-corrected chi connectivity index (χ3v) is 9.60. The van der Waals surface area contributed by atoms with Gasteiger partial charge in [0.15, 0.2) is 5.78 Å². The fourth-order valence-corrected chi connectivity index (χ4v) is 7.82. The summed E-state index contributed by atoms with van der Waals surface area (Å²) in [6.45, 7) is 1.36. The molecule has 36 heavy (non-hydrogen) atoms. The Labute approximate surface area is 234 Å². The van der Waals surface area contributed by atoms with Crippen molar-refractivity contribution in [2.45, 2.75) is 75.7 Å². The molecule has 2 heterocycles. The van der Waals surface area contributed by atoms with E-state index in [1.807, 2.05) is 17.2 Å². The molecule has 1 aromatic heterocycles. The van der Waals surface area contributed by atoms with Gasteiger partial charge in [-0.3, -0.25) is 14.6 Å². The molecule has 1 amide bonds. The molecule has 2 fully saturated rings. The lowest BCUT2D eigenvalue weighted by Gasteiger charge is -2.37. The van der Waals surface area contributed by atoms with Crippen LogP contribution < -0.4 is 0 Å². The van der Waals surface area contributed by atoms with Crippen LogP contribution in [0.4, 0.5) is 0 Å². The molecule has 192 valence electrons. The van der Waals surface area contributed by atoms with Crippen LogP contribution in [0.5, 0.6) is 0 Å². The van der Waals surface area contributed by atoms with Crippen LogP contribution in [0.25, 0.3) is 0 Å². The van der Waals surface area contributed by atoms with Crippen molar-refractivity contribution in [1.82, 2.24) is 9.88 Å². The Balaban J connectivity index is 1.33. The molecule has 0 bridgehead atoms. The minimum absolute atomic E-state index is 0.0388. The van der Waals surface area contributed by atoms with Crippen LogP contribution >= 0.6 is 43.5 Å². The zero-order chi connectivity index (χ0) is 25.4. The van der Waals surface area contributed by atoms with Crippen LogP contribution in [-0.4, -0.2) is 45.4 Å². The van der Waals surface area contributed by atoms with E-state index in [9.17, 15) is 14.7 Å². The van der Waals surface area contributed by atoms with Crippen molar-refractivity contribution in [2.24, 2.45) is 5.92 Å². The maximum atomic E-state index is 13.0. The molecule has 2 aliphatic carbocycles. The van der Waals surface area contributed by atoms with E-state index in [0.717, 1.165) is 58.2 Å². The summed E-state index contributed by atoms with van der Waals surface area (Å²) in [4.78, 5) is 32.1. The smallest absolute Gasteiger partial charge is 0.222 e. The van der Waals surface area contributed by atoms with E-state index in [1.54, 1.807) is 0 Å². The Kier molecular flexibility index (Phi) is 7.93. The number of halogens is 3. The second-order valence-electron chi connectivity index (χ2n) is 10.5. The number of carbonyl (C=O) groups excluding carboxylic acids is 2. The number of nitrogens with zero attached hydrogens (tertiary/aromatic N) is 2. The van der Waals surface area contributed by atoms with Gasteiger partial charge >= 0.3 is 0 Å². The van der Waals surface area contributed by atoms with Crippen LogP contribution in [0.2, 0.25) is 5.02 Å². The summed E-state index contributed by atoms with van der Waals surface area (Å²) in [6.07, 6.45) is 8.51. The van der Waals surface area contributed by atoms with Crippen molar-refractivity contribution >= 4 is 55.2 Å². The summed E-state index contributed by atoms with van der Waals surface area (Å²) in [7, 11) is 0. The number of aliphatic hydroxyl groups is 1. The minimum atomic E-state index is -1.31. The Bertz CT molecular complexity index is 1180. The number of hydrogen-bond donors (Lipinski definition) is 1. The van der Waals surface area contributed by atoms with Crippen LogP contribution in [-0.2, 0) is 22.4 Å². The number of rotatable bonds is 4. The molecule has 1 N–H and O–H groups in total. The van der Waals surface area contributed by atoms with E-state index in [0.29, 0.717) is 31.8 Å². The molecule has 1 aliphatic heterocycles. The normalized spacial score (nSPS) is 24.7. The highest BCUT2D eigenvalue weighted by atomic mass is 79.9. The molecular weight excluding hydrogens is 608 g/mol. The summed E-state index contributed by atoms with van der Waals surface area (Å²) >= 11 is 13.8. The number of ketones is 1. The average molecular weight is 639 g/mol. The fourth-order valence-electron chi connectivity index (χ4n) is 6.32. The Morgan fingerprint density at radius 1 is 1.11 bits per heavy atom. The molecule has 2 unspecified atom stereocenters. The molecule has 0 radical (unpaired) electrons. The molecular formula is C28H31Br2ClN2O3. The molecule has 1 saturated heterocycles. The monoisotopic (exact) mass is 636 g/mol. The largest absolute Gasteiger partial charge is 0.382 e. The average Bonchev–Trinajstić information content (AvgIpc) is 3.01. The van der Waals surface area contributed by atoms with Gasteiger partial charge in [0, 0.05) is 52.0 Å². The van der Waals surface area contributed by atoms with Gasteiger partial charge < -0.3 is 10.0 Å². The van der Waals surface area contributed by atoms with E-state index in [1.165, 1.54) is 16.7 Å². The van der Waals surface area contributed by atoms with Gasteiger partial charge in [-0.05, 0) is 108 Å². The first-order valence-corrected chi connectivity index (χ1v) is 14.9. The maximum Gasteiger partial charge on any atom is 0.222 e. The zero-order valence-electron chi connectivity index (χ0n) is 20.2. The first-order valence-electron chi connectivity index (χ1n) is 12.9. The number of piperidine rings is 1. The van der Waals surface area contributed by atoms with Crippen LogP contribution in [0.15, 0.2) is 33.3 Å². The first-order chi connectivity index (χ1) is 17.2. The number of amides is 1. The summed E-state index contributed by atoms with van der Waals surface area (Å²) in [6, 6.07) is 6.26. The molecule has 2 atom stereocenters. The van der Waals surface area contributed by atoms with Gasteiger partial charge in [0.05, 0.1) is 5.69 Å². The molecule has 1 aromatic carbocycles.